The van der Waals surface area contributed by atoms with Crippen LogP contribution in [0.2, 0.25) is 0 Å². The van der Waals surface area contributed by atoms with Crippen LogP contribution in [-0.2, 0) is 9.53 Å². The second-order valence-corrected chi connectivity index (χ2v) is 10.7. The van der Waals surface area contributed by atoms with Crippen LogP contribution in [0.4, 0.5) is 0 Å². The highest BCUT2D eigenvalue weighted by Gasteiger charge is 2.63. The van der Waals surface area contributed by atoms with E-state index in [4.69, 9.17) is 4.74 Å². The lowest BCUT2D eigenvalue weighted by Gasteiger charge is -2.58. The molecule has 0 aromatic carbocycles. The maximum atomic E-state index is 11.7. The molecule has 8 unspecified atom stereocenters. The Kier molecular flexibility index (Phi) is 5.99. The number of esters is 1. The fourth-order valence-corrected chi connectivity index (χ4v) is 7.91. The minimum atomic E-state index is -0.502. The Morgan fingerprint density at radius 1 is 1.31 bits per heavy atom. The first-order valence-corrected chi connectivity index (χ1v) is 11.9. The van der Waals surface area contributed by atoms with Crippen molar-refractivity contribution in [3.05, 3.63) is 23.8 Å². The molecule has 8 atom stereocenters. The van der Waals surface area contributed by atoms with E-state index in [2.05, 4.69) is 37.2 Å². The fraction of sp³-hybridized carbons (Fsp3) is 0.720. The number of fused-ring (bicyclic) bond motifs is 5. The largest absolute Gasteiger partial charge is 0.459 e. The van der Waals surface area contributed by atoms with Gasteiger partial charge in [-0.2, -0.15) is 0 Å². The van der Waals surface area contributed by atoms with Crippen LogP contribution in [0.3, 0.4) is 0 Å². The number of hydrogen-bond donors (Lipinski definition) is 3. The van der Waals surface area contributed by atoms with E-state index in [-0.39, 0.29) is 47.6 Å². The molecule has 0 bridgehead atoms. The molecule has 0 radical (unpaired) electrons. The molecule has 0 saturated heterocycles. The number of carbonyl (C=O) groups is 1. The molecule has 0 spiro atoms. The maximum absolute atomic E-state index is 11.7. The summed E-state index contributed by atoms with van der Waals surface area (Å²) < 4.78 is 5.33. The van der Waals surface area contributed by atoms with Crippen molar-refractivity contribution in [3.8, 4) is 0 Å². The Hall–Kier alpha value is -2.15. The molecule has 3 saturated carbocycles. The number of carbonyl (C=O) groups excluding carboxylic acids is 1. The molecule has 0 heterocycles. The molecule has 176 valence electrons. The Morgan fingerprint density at radius 2 is 2.06 bits per heavy atom. The van der Waals surface area contributed by atoms with Crippen molar-refractivity contribution in [2.24, 2.45) is 50.7 Å². The first-order chi connectivity index (χ1) is 15.2. The van der Waals surface area contributed by atoms with Crippen LogP contribution in [0.25, 0.3) is 0 Å². The van der Waals surface area contributed by atoms with Crippen LogP contribution in [-0.4, -0.2) is 45.6 Å². The van der Waals surface area contributed by atoms with Crippen LogP contribution in [0, 0.1) is 40.4 Å². The summed E-state index contributed by atoms with van der Waals surface area (Å²) in [5.74, 6) is 0.731. The van der Waals surface area contributed by atoms with Gasteiger partial charge in [0.2, 0.25) is 0 Å². The number of allylic oxidation sites excluding steroid dienone is 4. The average Bonchev–Trinajstić information content (AvgIpc) is 3.03. The predicted molar refractivity (Wildman–Crippen MR) is 121 cm³/mol. The number of hydrogen-bond acceptors (Lipinski definition) is 7. The summed E-state index contributed by atoms with van der Waals surface area (Å²) in [6.45, 7) is 8.35. The van der Waals surface area contributed by atoms with Crippen molar-refractivity contribution in [1.82, 2.24) is 0 Å². The number of aliphatic hydroxyl groups excluding tert-OH is 1. The Balaban J connectivity index is 1.65. The summed E-state index contributed by atoms with van der Waals surface area (Å²) >= 11 is 0. The lowest BCUT2D eigenvalue weighted by Crippen LogP contribution is -2.56. The standard InChI is InChI=1S/C25H36N2O5/c1-5-21(29)32-13-19(27-31)22-14(2)10-18-17-7-6-15-11-16(26-30)8-9-24(15,3)23(17)20(28)12-25(18,22)4/h8-9,11,14,17-18,20,22-23,28,30-31H,5-7,10,12-13H2,1-4H3/b26-16+,27-19+. The van der Waals surface area contributed by atoms with Gasteiger partial charge < -0.3 is 20.3 Å². The van der Waals surface area contributed by atoms with Crippen molar-refractivity contribution in [1.29, 1.82) is 0 Å². The van der Waals surface area contributed by atoms with Gasteiger partial charge in [0.1, 0.15) is 12.3 Å². The van der Waals surface area contributed by atoms with E-state index in [1.165, 1.54) is 5.57 Å². The highest BCUT2D eigenvalue weighted by atomic mass is 16.5. The highest BCUT2D eigenvalue weighted by molar-refractivity contribution is 6.05. The van der Waals surface area contributed by atoms with Crippen molar-refractivity contribution < 1.29 is 25.1 Å². The van der Waals surface area contributed by atoms with Gasteiger partial charge in [0.25, 0.3) is 0 Å². The topological polar surface area (TPSA) is 112 Å². The van der Waals surface area contributed by atoms with Gasteiger partial charge in [-0.05, 0) is 61.0 Å². The second-order valence-electron chi connectivity index (χ2n) is 10.7. The van der Waals surface area contributed by atoms with Crippen molar-refractivity contribution >= 4 is 17.4 Å². The van der Waals surface area contributed by atoms with E-state index < -0.39 is 6.10 Å². The number of aliphatic hydroxyl groups is 1. The molecule has 32 heavy (non-hydrogen) atoms. The van der Waals surface area contributed by atoms with Gasteiger partial charge in [-0.25, -0.2) is 0 Å². The smallest absolute Gasteiger partial charge is 0.305 e. The zero-order chi connectivity index (χ0) is 23.3. The van der Waals surface area contributed by atoms with Crippen LogP contribution in [0.15, 0.2) is 34.1 Å². The number of ether oxygens (including phenoxy) is 1. The molecule has 7 heteroatoms. The molecular weight excluding hydrogens is 408 g/mol. The first-order valence-electron chi connectivity index (χ1n) is 11.9. The van der Waals surface area contributed by atoms with Crippen molar-refractivity contribution in [3.63, 3.8) is 0 Å². The monoisotopic (exact) mass is 444 g/mol. The molecule has 0 amide bonds. The molecule has 4 aliphatic rings. The zero-order valence-corrected chi connectivity index (χ0v) is 19.5. The Morgan fingerprint density at radius 3 is 2.72 bits per heavy atom. The van der Waals surface area contributed by atoms with Gasteiger partial charge in [0.15, 0.2) is 0 Å². The molecule has 4 rings (SSSR count). The summed E-state index contributed by atoms with van der Waals surface area (Å²) in [6.07, 6.45) is 9.22. The van der Waals surface area contributed by atoms with Gasteiger partial charge in [0.05, 0.1) is 11.8 Å². The van der Waals surface area contributed by atoms with Crippen LogP contribution >= 0.6 is 0 Å². The lowest BCUT2D eigenvalue weighted by molar-refractivity contribution is -0.141. The minimum Gasteiger partial charge on any atom is -0.459 e. The van der Waals surface area contributed by atoms with E-state index in [0.29, 0.717) is 29.7 Å². The molecule has 0 aromatic rings. The third kappa shape index (κ3) is 3.40. The summed E-state index contributed by atoms with van der Waals surface area (Å²) in [5, 5.41) is 37.5. The van der Waals surface area contributed by atoms with Gasteiger partial charge in [-0.3, -0.25) is 4.79 Å². The van der Waals surface area contributed by atoms with Crippen molar-refractivity contribution in [2.45, 2.75) is 65.9 Å². The third-order valence-electron chi connectivity index (χ3n) is 9.12. The van der Waals surface area contributed by atoms with E-state index in [1.54, 1.807) is 6.92 Å². The Labute approximate surface area is 189 Å². The van der Waals surface area contributed by atoms with Crippen LogP contribution < -0.4 is 0 Å². The average molecular weight is 445 g/mol. The summed E-state index contributed by atoms with van der Waals surface area (Å²) in [6, 6.07) is 0. The minimum absolute atomic E-state index is 0.00128. The molecule has 4 aliphatic carbocycles. The van der Waals surface area contributed by atoms with Crippen LogP contribution in [0.1, 0.15) is 59.8 Å². The molecule has 0 aromatic heterocycles. The van der Waals surface area contributed by atoms with Crippen LogP contribution in [0.5, 0.6) is 0 Å². The molecular formula is C25H36N2O5. The molecule has 3 fully saturated rings. The van der Waals surface area contributed by atoms with Gasteiger partial charge >= 0.3 is 5.97 Å². The van der Waals surface area contributed by atoms with Gasteiger partial charge in [0, 0.05) is 23.7 Å². The van der Waals surface area contributed by atoms with E-state index in [0.717, 1.165) is 19.3 Å². The predicted octanol–water partition coefficient (Wildman–Crippen LogP) is 4.17. The fourth-order valence-electron chi connectivity index (χ4n) is 7.91. The summed E-state index contributed by atoms with van der Waals surface area (Å²) in [7, 11) is 0. The van der Waals surface area contributed by atoms with Crippen molar-refractivity contribution in [2.75, 3.05) is 6.61 Å². The Bertz CT molecular complexity index is 893. The van der Waals surface area contributed by atoms with E-state index in [1.807, 2.05) is 12.2 Å². The molecule has 3 N–H and O–H groups in total. The normalized spacial score (nSPS) is 44.5. The van der Waals surface area contributed by atoms with Gasteiger partial charge in [-0.15, -0.1) is 0 Å². The highest BCUT2D eigenvalue weighted by Crippen LogP contribution is 2.67. The molecule has 0 aliphatic heterocycles. The summed E-state index contributed by atoms with van der Waals surface area (Å²) in [5.41, 5.74) is 1.81. The van der Waals surface area contributed by atoms with E-state index in [9.17, 15) is 20.3 Å². The second kappa shape index (κ2) is 8.32. The maximum Gasteiger partial charge on any atom is 0.305 e. The summed E-state index contributed by atoms with van der Waals surface area (Å²) in [4.78, 5) is 11.7. The zero-order valence-electron chi connectivity index (χ0n) is 19.5. The van der Waals surface area contributed by atoms with Gasteiger partial charge in [-0.1, -0.05) is 49.7 Å². The lowest BCUT2D eigenvalue weighted by atomic mass is 9.46. The first kappa shape index (κ1) is 23.0. The van der Waals surface area contributed by atoms with E-state index >= 15 is 0 Å². The number of nitrogens with zero attached hydrogens (tertiary/aromatic N) is 2. The number of oxime groups is 2. The number of rotatable bonds is 4. The SMILES string of the molecule is CCC(=O)OC/C(=N\O)C1C(C)CC2C3CCC4=C/C(=N/O)C=CC4(C)C3C(O)CC21C. The molecule has 7 nitrogen and oxygen atoms in total. The third-order valence-corrected chi connectivity index (χ3v) is 9.12. The quantitative estimate of drug-likeness (QED) is 0.261.